The van der Waals surface area contributed by atoms with Gasteiger partial charge >= 0.3 is 6.18 Å². The molecule has 0 saturated carbocycles. The summed E-state index contributed by atoms with van der Waals surface area (Å²) in [5.41, 5.74) is 2.95. The van der Waals surface area contributed by atoms with Gasteiger partial charge in [0.15, 0.2) is 0 Å². The number of aromatic nitrogens is 3. The number of alkyl halides is 3. The fourth-order valence-electron chi connectivity index (χ4n) is 2.78. The van der Waals surface area contributed by atoms with Gasteiger partial charge in [0, 0.05) is 18.0 Å². The van der Waals surface area contributed by atoms with Crippen LogP contribution in [0.5, 0.6) is 0 Å². The fourth-order valence-corrected chi connectivity index (χ4v) is 3.65. The first-order chi connectivity index (χ1) is 13.9. The average Bonchev–Trinajstić information content (AvgIpc) is 3.13. The van der Waals surface area contributed by atoms with E-state index in [-0.39, 0.29) is 0 Å². The first kappa shape index (κ1) is 19.3. The van der Waals surface area contributed by atoms with Crippen molar-refractivity contribution in [1.82, 2.24) is 14.8 Å². The molecule has 0 unspecified atom stereocenters. The Balaban J connectivity index is 1.73. The van der Waals surface area contributed by atoms with Crippen LogP contribution < -0.4 is 0 Å². The Labute approximate surface area is 170 Å². The summed E-state index contributed by atoms with van der Waals surface area (Å²) in [6.07, 6.45) is -1.68. The number of nitrogens with zero attached hydrogens (tertiary/aromatic N) is 3. The third-order valence-electron chi connectivity index (χ3n) is 4.30. The average molecular weight is 411 g/mol. The van der Waals surface area contributed by atoms with Crippen molar-refractivity contribution in [3.8, 4) is 16.9 Å². The summed E-state index contributed by atoms with van der Waals surface area (Å²) >= 11 is 1.29. The van der Waals surface area contributed by atoms with E-state index in [0.29, 0.717) is 5.03 Å². The molecule has 0 atom stereocenters. The number of hydrogen-bond donors (Lipinski definition) is 0. The highest BCUT2D eigenvalue weighted by molar-refractivity contribution is 7.99. The molecule has 4 aromatic rings. The first-order valence-corrected chi connectivity index (χ1v) is 9.65. The third kappa shape index (κ3) is 4.35. The van der Waals surface area contributed by atoms with Gasteiger partial charge in [0.1, 0.15) is 10.7 Å². The molecule has 146 valence electrons. The summed E-state index contributed by atoms with van der Waals surface area (Å²) in [7, 11) is 0. The summed E-state index contributed by atoms with van der Waals surface area (Å²) in [5.74, 6) is 0. The Kier molecular flexibility index (Phi) is 5.15. The Morgan fingerprint density at radius 1 is 0.897 bits per heavy atom. The second-order valence-electron chi connectivity index (χ2n) is 6.47. The molecule has 29 heavy (non-hydrogen) atoms. The lowest BCUT2D eigenvalue weighted by atomic mass is 10.1. The molecule has 4 rings (SSSR count). The van der Waals surface area contributed by atoms with Crippen molar-refractivity contribution in [3.05, 3.63) is 90.3 Å². The van der Waals surface area contributed by atoms with Gasteiger partial charge in [-0.05, 0) is 31.2 Å². The maximum absolute atomic E-state index is 12.8. The minimum absolute atomic E-state index is 0.471. The number of hydrogen-bond acceptors (Lipinski definition) is 3. The lowest BCUT2D eigenvalue weighted by Crippen LogP contribution is -2.04. The molecule has 0 saturated heterocycles. The van der Waals surface area contributed by atoms with Gasteiger partial charge in [-0.25, -0.2) is 9.67 Å². The SMILES string of the molecule is Cc1ccc(-c2nn(-c3ccccc3)cc2Sc2ccc(C(F)(F)F)cn2)cc1. The van der Waals surface area contributed by atoms with Crippen LogP contribution in [0.2, 0.25) is 0 Å². The normalized spacial score (nSPS) is 11.6. The van der Waals surface area contributed by atoms with E-state index >= 15 is 0 Å². The highest BCUT2D eigenvalue weighted by Gasteiger charge is 2.30. The standard InChI is InChI=1S/C22H16F3N3S/c1-15-7-9-16(10-8-15)21-19(14-28(27-21)18-5-3-2-4-6-18)29-20-12-11-17(13-26-20)22(23,24)25/h2-14H,1H3. The van der Waals surface area contributed by atoms with Crippen LogP contribution in [-0.4, -0.2) is 14.8 Å². The van der Waals surface area contributed by atoms with Crippen molar-refractivity contribution in [2.24, 2.45) is 0 Å². The Hall–Kier alpha value is -3.06. The Morgan fingerprint density at radius 3 is 2.24 bits per heavy atom. The number of aryl methyl sites for hydroxylation is 1. The Morgan fingerprint density at radius 2 is 1.62 bits per heavy atom. The quantitative estimate of drug-likeness (QED) is 0.389. The van der Waals surface area contributed by atoms with E-state index in [2.05, 4.69) is 4.98 Å². The van der Waals surface area contributed by atoms with Crippen molar-refractivity contribution in [1.29, 1.82) is 0 Å². The van der Waals surface area contributed by atoms with Crippen molar-refractivity contribution < 1.29 is 13.2 Å². The van der Waals surface area contributed by atoms with Crippen LogP contribution in [0, 0.1) is 6.92 Å². The van der Waals surface area contributed by atoms with Crippen LogP contribution in [-0.2, 0) is 6.18 Å². The molecule has 0 radical (unpaired) electrons. The molecule has 7 heteroatoms. The van der Waals surface area contributed by atoms with Gasteiger partial charge in [0.2, 0.25) is 0 Å². The van der Waals surface area contributed by atoms with Crippen molar-refractivity contribution in [2.45, 2.75) is 23.0 Å². The fraction of sp³-hybridized carbons (Fsp3) is 0.0909. The lowest BCUT2D eigenvalue weighted by Gasteiger charge is -2.07. The van der Waals surface area contributed by atoms with Gasteiger partial charge < -0.3 is 0 Å². The number of para-hydroxylation sites is 1. The number of halogens is 3. The zero-order valence-corrected chi connectivity index (χ0v) is 16.2. The zero-order chi connectivity index (χ0) is 20.4. The van der Waals surface area contributed by atoms with E-state index in [0.717, 1.165) is 39.7 Å². The molecule has 2 aromatic heterocycles. The van der Waals surface area contributed by atoms with Gasteiger partial charge in [-0.15, -0.1) is 0 Å². The monoisotopic (exact) mass is 411 g/mol. The molecular formula is C22H16F3N3S. The second kappa shape index (κ2) is 7.75. The number of rotatable bonds is 4. The molecule has 0 fully saturated rings. The van der Waals surface area contributed by atoms with Gasteiger partial charge in [0.05, 0.1) is 16.1 Å². The molecule has 0 amide bonds. The summed E-state index contributed by atoms with van der Waals surface area (Å²) in [6.45, 7) is 2.01. The van der Waals surface area contributed by atoms with E-state index in [9.17, 15) is 13.2 Å². The van der Waals surface area contributed by atoms with Crippen molar-refractivity contribution in [3.63, 3.8) is 0 Å². The topological polar surface area (TPSA) is 30.7 Å². The molecule has 0 spiro atoms. The summed E-state index contributed by atoms with van der Waals surface area (Å²) in [5, 5.41) is 5.19. The molecule has 0 N–H and O–H groups in total. The number of pyridine rings is 1. The lowest BCUT2D eigenvalue weighted by molar-refractivity contribution is -0.137. The highest BCUT2D eigenvalue weighted by atomic mass is 32.2. The largest absolute Gasteiger partial charge is 0.417 e. The van der Waals surface area contributed by atoms with Gasteiger partial charge in [-0.1, -0.05) is 59.8 Å². The summed E-state index contributed by atoms with van der Waals surface area (Å²) in [6, 6.07) is 20.1. The third-order valence-corrected chi connectivity index (χ3v) is 5.27. The maximum Gasteiger partial charge on any atom is 0.417 e. The first-order valence-electron chi connectivity index (χ1n) is 8.83. The van der Waals surface area contributed by atoms with Crippen LogP contribution in [0.25, 0.3) is 16.9 Å². The molecule has 3 nitrogen and oxygen atoms in total. The molecule has 0 aliphatic rings. The van der Waals surface area contributed by atoms with Gasteiger partial charge in [0.25, 0.3) is 0 Å². The predicted molar refractivity (Wildman–Crippen MR) is 107 cm³/mol. The molecular weight excluding hydrogens is 395 g/mol. The zero-order valence-electron chi connectivity index (χ0n) is 15.4. The molecule has 2 aromatic carbocycles. The number of benzene rings is 2. The molecule has 0 aliphatic heterocycles. The molecule has 0 bridgehead atoms. The van der Waals surface area contributed by atoms with Crippen molar-refractivity contribution in [2.75, 3.05) is 0 Å². The van der Waals surface area contributed by atoms with E-state index in [1.54, 1.807) is 4.68 Å². The van der Waals surface area contributed by atoms with Crippen LogP contribution in [0.15, 0.2) is 89.0 Å². The van der Waals surface area contributed by atoms with E-state index < -0.39 is 11.7 Å². The molecule has 0 aliphatic carbocycles. The van der Waals surface area contributed by atoms with Crippen LogP contribution >= 0.6 is 11.8 Å². The Bertz CT molecular complexity index is 1100. The van der Waals surface area contributed by atoms with Crippen molar-refractivity contribution >= 4 is 11.8 Å². The van der Waals surface area contributed by atoms with E-state index in [4.69, 9.17) is 5.10 Å². The molecule has 2 heterocycles. The van der Waals surface area contributed by atoms with E-state index in [1.165, 1.54) is 17.8 Å². The highest BCUT2D eigenvalue weighted by Crippen LogP contribution is 2.36. The van der Waals surface area contributed by atoms with E-state index in [1.807, 2.05) is 67.7 Å². The minimum Gasteiger partial charge on any atom is -0.249 e. The van der Waals surface area contributed by atoms with Crippen LogP contribution in [0.1, 0.15) is 11.1 Å². The van der Waals surface area contributed by atoms with Gasteiger partial charge in [-0.3, -0.25) is 0 Å². The van der Waals surface area contributed by atoms with Gasteiger partial charge in [-0.2, -0.15) is 18.3 Å². The predicted octanol–water partition coefficient (Wildman–Crippen LogP) is 6.41. The van der Waals surface area contributed by atoms with Crippen LogP contribution in [0.4, 0.5) is 13.2 Å². The smallest absolute Gasteiger partial charge is 0.249 e. The maximum atomic E-state index is 12.8. The summed E-state index contributed by atoms with van der Waals surface area (Å²) in [4.78, 5) is 4.79. The second-order valence-corrected chi connectivity index (χ2v) is 7.54. The van der Waals surface area contributed by atoms with Crippen LogP contribution in [0.3, 0.4) is 0 Å². The minimum atomic E-state index is -4.40. The summed E-state index contributed by atoms with van der Waals surface area (Å²) < 4.78 is 40.2.